The van der Waals surface area contributed by atoms with Gasteiger partial charge in [-0.3, -0.25) is 9.69 Å². The fourth-order valence-electron chi connectivity index (χ4n) is 5.14. The summed E-state index contributed by atoms with van der Waals surface area (Å²) >= 11 is 0. The Bertz CT molecular complexity index is 714. The minimum absolute atomic E-state index is 0.117. The van der Waals surface area contributed by atoms with Crippen molar-refractivity contribution < 1.29 is 4.79 Å². The molecule has 8 nitrogen and oxygen atoms in total. The number of rotatable bonds is 6. The Labute approximate surface area is 187 Å². The number of carbonyl (C=O) groups is 1. The third-order valence-electron chi connectivity index (χ3n) is 7.32. The molecule has 4 heterocycles. The minimum atomic E-state index is 0.117. The van der Waals surface area contributed by atoms with E-state index in [1.54, 1.807) is 6.33 Å². The van der Waals surface area contributed by atoms with E-state index in [0.717, 1.165) is 76.7 Å². The highest BCUT2D eigenvalue weighted by molar-refractivity contribution is 5.79. The topological polar surface area (TPSA) is 67.8 Å². The molecule has 3 saturated heterocycles. The summed E-state index contributed by atoms with van der Waals surface area (Å²) in [5, 5.41) is 3.21. The molecule has 172 valence electrons. The quantitative estimate of drug-likeness (QED) is 0.734. The Balaban J connectivity index is 1.25. The van der Waals surface area contributed by atoms with Crippen molar-refractivity contribution in [2.75, 3.05) is 75.8 Å². The molecular formula is C23H39N7O. The lowest BCUT2D eigenvalue weighted by Gasteiger charge is -2.38. The summed E-state index contributed by atoms with van der Waals surface area (Å²) in [5.41, 5.74) is 1.12. The molecule has 1 N–H and O–H groups in total. The van der Waals surface area contributed by atoms with Crippen molar-refractivity contribution in [2.24, 2.45) is 5.92 Å². The van der Waals surface area contributed by atoms with Crippen molar-refractivity contribution in [1.82, 2.24) is 25.1 Å². The first-order valence-corrected chi connectivity index (χ1v) is 12.1. The van der Waals surface area contributed by atoms with E-state index in [4.69, 9.17) is 0 Å². The number of carbonyl (C=O) groups excluding carboxylic acids is 1. The van der Waals surface area contributed by atoms with Crippen molar-refractivity contribution in [2.45, 2.75) is 45.1 Å². The van der Waals surface area contributed by atoms with Gasteiger partial charge >= 0.3 is 0 Å². The van der Waals surface area contributed by atoms with E-state index in [0.29, 0.717) is 6.04 Å². The molecule has 8 heteroatoms. The van der Waals surface area contributed by atoms with Crippen molar-refractivity contribution in [3.05, 3.63) is 12.5 Å². The molecule has 31 heavy (non-hydrogen) atoms. The number of piperidine rings is 2. The standard InChI is InChI=1S/C23H39N7O/c1-19-5-3-4-9-28(19)12-8-25-23(31)20-6-10-29(11-7-20)21-17-24-18-26-22(21)30-15-13-27(2)14-16-30/h17-20H,3-16H2,1-2H3,(H,25,31). The number of likely N-dealkylation sites (N-methyl/N-ethyl adjacent to an activating group) is 1. The van der Waals surface area contributed by atoms with Crippen LogP contribution in [0.25, 0.3) is 0 Å². The summed E-state index contributed by atoms with van der Waals surface area (Å²) in [6.45, 7) is 11.1. The molecule has 3 fully saturated rings. The van der Waals surface area contributed by atoms with Gasteiger partial charge in [0.2, 0.25) is 5.91 Å². The number of hydrogen-bond donors (Lipinski definition) is 1. The largest absolute Gasteiger partial charge is 0.367 e. The van der Waals surface area contributed by atoms with E-state index in [2.05, 4.69) is 48.9 Å². The molecule has 4 rings (SSSR count). The number of nitrogens with zero attached hydrogens (tertiary/aromatic N) is 6. The van der Waals surface area contributed by atoms with E-state index in [-0.39, 0.29) is 11.8 Å². The average Bonchev–Trinajstić information content (AvgIpc) is 2.81. The fourth-order valence-corrected chi connectivity index (χ4v) is 5.14. The molecular weight excluding hydrogens is 390 g/mol. The molecule has 0 aliphatic carbocycles. The van der Waals surface area contributed by atoms with Crippen LogP contribution in [0.1, 0.15) is 39.0 Å². The number of amides is 1. The van der Waals surface area contributed by atoms with Crippen molar-refractivity contribution >= 4 is 17.4 Å². The predicted octanol–water partition coefficient (Wildman–Crippen LogP) is 1.44. The summed E-state index contributed by atoms with van der Waals surface area (Å²) in [5.74, 6) is 1.39. The number of hydrogen-bond acceptors (Lipinski definition) is 7. The summed E-state index contributed by atoms with van der Waals surface area (Å²) < 4.78 is 0. The zero-order valence-corrected chi connectivity index (χ0v) is 19.3. The Morgan fingerprint density at radius 2 is 1.81 bits per heavy atom. The highest BCUT2D eigenvalue weighted by atomic mass is 16.1. The third kappa shape index (κ3) is 5.66. The summed E-state index contributed by atoms with van der Waals surface area (Å²) in [7, 11) is 2.17. The number of anilines is 2. The van der Waals surface area contributed by atoms with Crippen LogP contribution in [0.3, 0.4) is 0 Å². The Morgan fingerprint density at radius 3 is 2.55 bits per heavy atom. The zero-order valence-electron chi connectivity index (χ0n) is 19.3. The van der Waals surface area contributed by atoms with E-state index >= 15 is 0 Å². The molecule has 1 atom stereocenters. The fraction of sp³-hybridized carbons (Fsp3) is 0.783. The Hall–Kier alpha value is -1.93. The predicted molar refractivity (Wildman–Crippen MR) is 125 cm³/mol. The summed E-state index contributed by atoms with van der Waals surface area (Å²) in [6, 6.07) is 0.650. The van der Waals surface area contributed by atoms with Gasteiger partial charge in [0.15, 0.2) is 5.82 Å². The van der Waals surface area contributed by atoms with Crippen LogP contribution in [0.5, 0.6) is 0 Å². The highest BCUT2D eigenvalue weighted by Gasteiger charge is 2.28. The normalized spacial score (nSPS) is 24.4. The van der Waals surface area contributed by atoms with Gasteiger partial charge in [-0.1, -0.05) is 6.42 Å². The van der Waals surface area contributed by atoms with E-state index in [1.165, 1.54) is 25.8 Å². The molecule has 1 amide bonds. The van der Waals surface area contributed by atoms with Crippen LogP contribution in [-0.2, 0) is 4.79 Å². The lowest BCUT2D eigenvalue weighted by molar-refractivity contribution is -0.125. The van der Waals surface area contributed by atoms with Crippen LogP contribution in [-0.4, -0.2) is 97.7 Å². The molecule has 0 spiro atoms. The maximum absolute atomic E-state index is 12.7. The molecule has 0 saturated carbocycles. The van der Waals surface area contributed by atoms with Crippen LogP contribution in [0.4, 0.5) is 11.5 Å². The van der Waals surface area contributed by atoms with Gasteiger partial charge in [-0.15, -0.1) is 0 Å². The van der Waals surface area contributed by atoms with Gasteiger partial charge in [-0.05, 0) is 46.2 Å². The van der Waals surface area contributed by atoms with Crippen LogP contribution >= 0.6 is 0 Å². The Kier molecular flexibility index (Phi) is 7.61. The van der Waals surface area contributed by atoms with E-state index < -0.39 is 0 Å². The summed E-state index contributed by atoms with van der Waals surface area (Å²) in [4.78, 5) is 31.3. The first-order chi connectivity index (χ1) is 15.1. The van der Waals surface area contributed by atoms with Crippen LogP contribution in [0, 0.1) is 5.92 Å². The second kappa shape index (κ2) is 10.6. The number of likely N-dealkylation sites (tertiary alicyclic amines) is 1. The summed E-state index contributed by atoms with van der Waals surface area (Å²) in [6.07, 6.45) is 9.29. The lowest BCUT2D eigenvalue weighted by Crippen LogP contribution is -2.46. The van der Waals surface area contributed by atoms with Gasteiger partial charge in [-0.25, -0.2) is 9.97 Å². The smallest absolute Gasteiger partial charge is 0.223 e. The number of piperazine rings is 1. The highest BCUT2D eigenvalue weighted by Crippen LogP contribution is 2.30. The third-order valence-corrected chi connectivity index (χ3v) is 7.32. The molecule has 0 bridgehead atoms. The van der Waals surface area contributed by atoms with Gasteiger partial charge in [-0.2, -0.15) is 0 Å². The average molecular weight is 430 g/mol. The molecule has 0 aromatic carbocycles. The van der Waals surface area contributed by atoms with E-state index in [1.807, 2.05) is 6.20 Å². The number of aromatic nitrogens is 2. The first-order valence-electron chi connectivity index (χ1n) is 12.1. The monoisotopic (exact) mass is 429 g/mol. The molecule has 3 aliphatic heterocycles. The van der Waals surface area contributed by atoms with Crippen molar-refractivity contribution in [3.63, 3.8) is 0 Å². The zero-order chi connectivity index (χ0) is 21.6. The molecule has 1 unspecified atom stereocenters. The second-order valence-electron chi connectivity index (χ2n) is 9.46. The minimum Gasteiger partial charge on any atom is -0.367 e. The second-order valence-corrected chi connectivity index (χ2v) is 9.46. The molecule has 1 aromatic heterocycles. The lowest BCUT2D eigenvalue weighted by atomic mass is 9.95. The Morgan fingerprint density at radius 1 is 1.03 bits per heavy atom. The van der Waals surface area contributed by atoms with Crippen LogP contribution < -0.4 is 15.1 Å². The number of nitrogens with one attached hydrogen (secondary N) is 1. The van der Waals surface area contributed by atoms with E-state index in [9.17, 15) is 4.79 Å². The van der Waals surface area contributed by atoms with Gasteiger partial charge in [0, 0.05) is 64.3 Å². The van der Waals surface area contributed by atoms with Crippen LogP contribution in [0.15, 0.2) is 12.5 Å². The maximum atomic E-state index is 12.7. The SMILES string of the molecule is CC1CCCCN1CCNC(=O)C1CCN(c2cncnc2N2CCN(C)CC2)CC1. The van der Waals surface area contributed by atoms with Crippen molar-refractivity contribution in [1.29, 1.82) is 0 Å². The van der Waals surface area contributed by atoms with Gasteiger partial charge in [0.1, 0.15) is 6.33 Å². The van der Waals surface area contributed by atoms with Crippen LogP contribution in [0.2, 0.25) is 0 Å². The molecule has 3 aliphatic rings. The molecule has 1 aromatic rings. The van der Waals surface area contributed by atoms with Gasteiger partial charge in [0.25, 0.3) is 0 Å². The van der Waals surface area contributed by atoms with Gasteiger partial charge < -0.3 is 20.0 Å². The first kappa shape index (κ1) is 22.3. The van der Waals surface area contributed by atoms with Crippen molar-refractivity contribution in [3.8, 4) is 0 Å². The van der Waals surface area contributed by atoms with Gasteiger partial charge in [0.05, 0.1) is 11.9 Å². The molecule has 0 radical (unpaired) electrons. The maximum Gasteiger partial charge on any atom is 0.223 e.